The van der Waals surface area contributed by atoms with Crippen molar-refractivity contribution in [3.63, 3.8) is 0 Å². The molecular formula is C15H26N4O. The van der Waals surface area contributed by atoms with E-state index in [1.54, 1.807) is 19.0 Å². The zero-order valence-electron chi connectivity index (χ0n) is 13.0. The number of nitrogens with zero attached hydrogens (tertiary/aromatic N) is 3. The molecule has 0 aromatic carbocycles. The van der Waals surface area contributed by atoms with Gasteiger partial charge in [0, 0.05) is 33.4 Å². The van der Waals surface area contributed by atoms with Crippen LogP contribution >= 0.6 is 0 Å². The van der Waals surface area contributed by atoms with Gasteiger partial charge in [-0.15, -0.1) is 0 Å². The number of amides is 1. The lowest BCUT2D eigenvalue weighted by Crippen LogP contribution is -2.36. The van der Waals surface area contributed by atoms with E-state index >= 15 is 0 Å². The zero-order valence-corrected chi connectivity index (χ0v) is 13.0. The van der Waals surface area contributed by atoms with Crippen molar-refractivity contribution in [1.29, 1.82) is 0 Å². The number of pyridine rings is 1. The fourth-order valence-corrected chi connectivity index (χ4v) is 1.79. The molecule has 1 amide bonds. The highest BCUT2D eigenvalue weighted by atomic mass is 16.2. The van der Waals surface area contributed by atoms with Gasteiger partial charge >= 0.3 is 0 Å². The maximum absolute atomic E-state index is 11.8. The van der Waals surface area contributed by atoms with Gasteiger partial charge in [0.2, 0.25) is 5.91 Å². The average molecular weight is 278 g/mol. The summed E-state index contributed by atoms with van der Waals surface area (Å²) in [6.45, 7) is 7.18. The van der Waals surface area contributed by atoms with E-state index in [9.17, 15) is 4.79 Å². The van der Waals surface area contributed by atoms with Gasteiger partial charge in [0.15, 0.2) is 0 Å². The number of likely N-dealkylation sites (N-methyl/N-ethyl adjacent to an activating group) is 2. The Kier molecular flexibility index (Phi) is 7.01. The summed E-state index contributed by atoms with van der Waals surface area (Å²) in [6, 6.07) is 4.05. The predicted molar refractivity (Wildman–Crippen MR) is 82.7 cm³/mol. The van der Waals surface area contributed by atoms with E-state index in [0.717, 1.165) is 31.9 Å². The van der Waals surface area contributed by atoms with Gasteiger partial charge in [-0.25, -0.2) is 4.98 Å². The molecule has 0 spiro atoms. The number of nitrogens with one attached hydrogen (secondary N) is 1. The van der Waals surface area contributed by atoms with Gasteiger partial charge in [-0.05, 0) is 30.7 Å². The van der Waals surface area contributed by atoms with Crippen LogP contribution in [0.2, 0.25) is 0 Å². The molecule has 0 aliphatic rings. The average Bonchev–Trinajstić information content (AvgIpc) is 2.44. The zero-order chi connectivity index (χ0) is 15.0. The Bertz CT molecular complexity index is 420. The smallest absolute Gasteiger partial charge is 0.236 e. The van der Waals surface area contributed by atoms with Crippen LogP contribution in [0.5, 0.6) is 0 Å². The van der Waals surface area contributed by atoms with E-state index < -0.39 is 0 Å². The highest BCUT2D eigenvalue weighted by molar-refractivity contribution is 5.77. The summed E-state index contributed by atoms with van der Waals surface area (Å²) >= 11 is 0. The van der Waals surface area contributed by atoms with Crippen LogP contribution in [0.3, 0.4) is 0 Å². The first kappa shape index (κ1) is 16.4. The van der Waals surface area contributed by atoms with Crippen LogP contribution in [0.4, 0.5) is 5.82 Å². The van der Waals surface area contributed by atoms with Crippen LogP contribution in [-0.2, 0) is 11.3 Å². The van der Waals surface area contributed by atoms with Crippen LogP contribution in [0.25, 0.3) is 0 Å². The third kappa shape index (κ3) is 5.57. The molecule has 0 bridgehead atoms. The lowest BCUT2D eigenvalue weighted by molar-refractivity contribution is -0.130. The quantitative estimate of drug-likeness (QED) is 0.788. The third-order valence-corrected chi connectivity index (χ3v) is 3.09. The van der Waals surface area contributed by atoms with Crippen LogP contribution in [0, 0.1) is 0 Å². The van der Waals surface area contributed by atoms with E-state index in [1.165, 1.54) is 5.56 Å². The number of rotatable bonds is 8. The van der Waals surface area contributed by atoms with Crippen molar-refractivity contribution in [3.8, 4) is 0 Å². The lowest BCUT2D eigenvalue weighted by Gasteiger charge is -2.22. The summed E-state index contributed by atoms with van der Waals surface area (Å²) in [5, 5.41) is 3.28. The van der Waals surface area contributed by atoms with Gasteiger partial charge in [-0.1, -0.05) is 13.8 Å². The highest BCUT2D eigenvalue weighted by Gasteiger charge is 2.11. The second kappa shape index (κ2) is 8.53. The van der Waals surface area contributed by atoms with Crippen molar-refractivity contribution < 1.29 is 4.79 Å². The summed E-state index contributed by atoms with van der Waals surface area (Å²) in [5.41, 5.74) is 1.17. The van der Waals surface area contributed by atoms with Crippen LogP contribution in [-0.4, -0.2) is 54.4 Å². The Morgan fingerprint density at radius 1 is 1.35 bits per heavy atom. The van der Waals surface area contributed by atoms with Crippen molar-refractivity contribution in [2.24, 2.45) is 0 Å². The molecule has 5 heteroatoms. The Labute approximate surface area is 122 Å². The van der Waals surface area contributed by atoms with Crippen LogP contribution < -0.4 is 5.32 Å². The van der Waals surface area contributed by atoms with E-state index in [0.29, 0.717) is 6.54 Å². The largest absolute Gasteiger partial charge is 0.370 e. The molecule has 0 unspecified atom stereocenters. The normalized spacial score (nSPS) is 10.7. The Morgan fingerprint density at radius 3 is 2.70 bits per heavy atom. The Morgan fingerprint density at radius 2 is 2.10 bits per heavy atom. The molecular weight excluding hydrogens is 252 g/mol. The minimum absolute atomic E-state index is 0.130. The molecule has 0 fully saturated rings. The Balaban J connectivity index is 2.62. The molecule has 0 saturated heterocycles. The molecule has 5 nitrogen and oxygen atoms in total. The fraction of sp³-hybridized carbons (Fsp3) is 0.600. The SMILES string of the molecule is CCCNc1cc(CN(CC)CC(=O)N(C)C)ccn1. The van der Waals surface area contributed by atoms with Crippen LogP contribution in [0.15, 0.2) is 18.3 Å². The fourth-order valence-electron chi connectivity index (χ4n) is 1.79. The number of hydrogen-bond acceptors (Lipinski definition) is 4. The number of anilines is 1. The highest BCUT2D eigenvalue weighted by Crippen LogP contribution is 2.10. The van der Waals surface area contributed by atoms with Gasteiger partial charge in [0.05, 0.1) is 6.54 Å². The van der Waals surface area contributed by atoms with E-state index in [2.05, 4.69) is 35.1 Å². The minimum atomic E-state index is 0.130. The second-order valence-electron chi connectivity index (χ2n) is 5.07. The summed E-state index contributed by atoms with van der Waals surface area (Å²) in [6.07, 6.45) is 2.89. The molecule has 20 heavy (non-hydrogen) atoms. The van der Waals surface area contributed by atoms with Crippen molar-refractivity contribution in [1.82, 2.24) is 14.8 Å². The van der Waals surface area contributed by atoms with Gasteiger partial charge in [0.1, 0.15) is 5.82 Å². The summed E-state index contributed by atoms with van der Waals surface area (Å²) in [5.74, 6) is 1.03. The summed E-state index contributed by atoms with van der Waals surface area (Å²) in [7, 11) is 3.57. The first-order valence-corrected chi connectivity index (χ1v) is 7.18. The topological polar surface area (TPSA) is 48.5 Å². The maximum atomic E-state index is 11.8. The molecule has 0 saturated carbocycles. The lowest BCUT2D eigenvalue weighted by atomic mass is 10.2. The standard InChI is InChI=1S/C15H26N4O/c1-5-8-16-14-10-13(7-9-17-14)11-19(6-2)12-15(20)18(3)4/h7,9-10H,5-6,8,11-12H2,1-4H3,(H,16,17). The van der Waals surface area contributed by atoms with Gasteiger partial charge in [-0.2, -0.15) is 0 Å². The number of carbonyl (C=O) groups is 1. The molecule has 1 heterocycles. The molecule has 1 rings (SSSR count). The van der Waals surface area contributed by atoms with Gasteiger partial charge < -0.3 is 10.2 Å². The molecule has 0 aliphatic carbocycles. The maximum Gasteiger partial charge on any atom is 0.236 e. The summed E-state index contributed by atoms with van der Waals surface area (Å²) in [4.78, 5) is 19.8. The first-order valence-electron chi connectivity index (χ1n) is 7.18. The molecule has 1 aromatic heterocycles. The van der Waals surface area contributed by atoms with Crippen LogP contribution in [0.1, 0.15) is 25.8 Å². The van der Waals surface area contributed by atoms with Gasteiger partial charge in [0.25, 0.3) is 0 Å². The van der Waals surface area contributed by atoms with Crippen molar-refractivity contribution in [3.05, 3.63) is 23.9 Å². The molecule has 0 aliphatic heterocycles. The number of hydrogen-bond donors (Lipinski definition) is 1. The molecule has 0 radical (unpaired) electrons. The number of carbonyl (C=O) groups excluding carboxylic acids is 1. The first-order chi connectivity index (χ1) is 9.56. The molecule has 1 aromatic rings. The monoisotopic (exact) mass is 278 g/mol. The molecule has 1 N–H and O–H groups in total. The molecule has 0 atom stereocenters. The molecule has 112 valence electrons. The second-order valence-corrected chi connectivity index (χ2v) is 5.07. The summed E-state index contributed by atoms with van der Waals surface area (Å²) < 4.78 is 0. The van der Waals surface area contributed by atoms with E-state index in [4.69, 9.17) is 0 Å². The number of aromatic nitrogens is 1. The van der Waals surface area contributed by atoms with Crippen molar-refractivity contribution in [2.75, 3.05) is 39.0 Å². The van der Waals surface area contributed by atoms with Crippen molar-refractivity contribution >= 4 is 11.7 Å². The van der Waals surface area contributed by atoms with E-state index in [1.807, 2.05) is 12.3 Å². The van der Waals surface area contributed by atoms with E-state index in [-0.39, 0.29) is 5.91 Å². The van der Waals surface area contributed by atoms with Gasteiger partial charge in [-0.3, -0.25) is 9.69 Å². The third-order valence-electron chi connectivity index (χ3n) is 3.09. The predicted octanol–water partition coefficient (Wildman–Crippen LogP) is 1.81. The van der Waals surface area contributed by atoms with Crippen molar-refractivity contribution in [2.45, 2.75) is 26.8 Å². The minimum Gasteiger partial charge on any atom is -0.370 e. The Hall–Kier alpha value is -1.62.